The molecule has 1 atom stereocenters. The third kappa shape index (κ3) is 4.74. The molecule has 1 aromatic heterocycles. The van der Waals surface area contributed by atoms with Crippen molar-refractivity contribution in [2.75, 3.05) is 0 Å². The molecule has 1 aromatic rings. The van der Waals surface area contributed by atoms with Crippen molar-refractivity contribution in [1.82, 2.24) is 4.98 Å². The number of hydrogen-bond acceptors (Lipinski definition) is 3. The highest BCUT2D eigenvalue weighted by Gasteiger charge is 2.29. The molecule has 4 nitrogen and oxygen atoms in total. The van der Waals surface area contributed by atoms with Gasteiger partial charge in [-0.3, -0.25) is 9.78 Å². The van der Waals surface area contributed by atoms with E-state index in [4.69, 9.17) is 4.42 Å². The van der Waals surface area contributed by atoms with Crippen LogP contribution in [0.3, 0.4) is 0 Å². The number of fused-ring (bicyclic) bond motifs is 1. The van der Waals surface area contributed by atoms with Crippen LogP contribution < -0.4 is 11.3 Å². The Morgan fingerprint density at radius 3 is 2.33 bits per heavy atom. The summed E-state index contributed by atoms with van der Waals surface area (Å²) >= 11 is 0. The number of H-pyrrole nitrogens is 1. The van der Waals surface area contributed by atoms with Gasteiger partial charge < -0.3 is 4.42 Å². The van der Waals surface area contributed by atoms with Crippen molar-refractivity contribution in [3.05, 3.63) is 69.2 Å². The lowest BCUT2D eigenvalue weighted by Gasteiger charge is -2.09. The molecule has 2 rings (SSSR count). The third-order valence-electron chi connectivity index (χ3n) is 2.96. The van der Waals surface area contributed by atoms with Crippen molar-refractivity contribution >= 4 is 0 Å². The molecular weight excluding hydrogens is 266 g/mol. The lowest BCUT2D eigenvalue weighted by molar-refractivity contribution is 0.425. The number of rotatable bonds is 2. The highest BCUT2D eigenvalue weighted by molar-refractivity contribution is 5.36. The van der Waals surface area contributed by atoms with Crippen LogP contribution in [-0.4, -0.2) is 4.98 Å². The van der Waals surface area contributed by atoms with E-state index in [2.05, 4.69) is 18.1 Å². The molecule has 0 aliphatic heterocycles. The van der Waals surface area contributed by atoms with Crippen molar-refractivity contribution in [3.63, 3.8) is 0 Å². The maximum atomic E-state index is 11.5. The number of aromatic nitrogens is 1. The Labute approximate surface area is 125 Å². The second-order valence-corrected chi connectivity index (χ2v) is 4.18. The van der Waals surface area contributed by atoms with E-state index in [1.807, 2.05) is 33.8 Å². The number of allylic oxidation sites excluding steroid dienone is 4. The zero-order valence-electron chi connectivity index (χ0n) is 13.4. The summed E-state index contributed by atoms with van der Waals surface area (Å²) in [6.45, 7) is 14.9. The highest BCUT2D eigenvalue weighted by atomic mass is 16.4. The van der Waals surface area contributed by atoms with Crippen LogP contribution in [0.2, 0.25) is 0 Å². The third-order valence-corrected chi connectivity index (χ3v) is 2.96. The summed E-state index contributed by atoms with van der Waals surface area (Å²) in [6, 6.07) is 0. The Balaban J connectivity index is 0.000000713. The van der Waals surface area contributed by atoms with Crippen molar-refractivity contribution in [2.45, 2.75) is 46.5 Å². The summed E-state index contributed by atoms with van der Waals surface area (Å²) in [5.41, 5.74) is 1.26. The van der Waals surface area contributed by atoms with E-state index >= 15 is 0 Å². The molecule has 0 fully saturated rings. The Morgan fingerprint density at radius 2 is 1.86 bits per heavy atom. The van der Waals surface area contributed by atoms with Gasteiger partial charge in [0.15, 0.2) is 0 Å². The summed E-state index contributed by atoms with van der Waals surface area (Å²) in [7, 11) is 0. The second-order valence-electron chi connectivity index (χ2n) is 4.18. The van der Waals surface area contributed by atoms with E-state index in [0.29, 0.717) is 17.7 Å². The molecule has 1 heterocycles. The standard InChI is InChI=1S/C12H13NO3.C3H6.C2H6/c1-3-7(4-2)8-5-6-9-10(8)16-12(15)13-11(9)14;1-3-2;1-2/h3-4,8H,1,5-6H2,2H3,(H,13,14,15);3H,1H2,2H3;1-2H3/b7-4+;;. The van der Waals surface area contributed by atoms with Gasteiger partial charge in [-0.1, -0.05) is 38.7 Å². The van der Waals surface area contributed by atoms with E-state index in [-0.39, 0.29) is 11.5 Å². The molecule has 1 N–H and O–H groups in total. The topological polar surface area (TPSA) is 63.1 Å². The molecule has 0 saturated heterocycles. The van der Waals surface area contributed by atoms with Crippen LogP contribution in [0.1, 0.15) is 51.4 Å². The Bertz CT molecular complexity index is 605. The summed E-state index contributed by atoms with van der Waals surface area (Å²) in [4.78, 5) is 24.8. The van der Waals surface area contributed by atoms with Gasteiger partial charge in [0.05, 0.1) is 5.56 Å². The normalized spacial score (nSPS) is 15.8. The summed E-state index contributed by atoms with van der Waals surface area (Å²) in [6.07, 6.45) is 6.84. The molecule has 4 heteroatoms. The number of hydrogen-bond donors (Lipinski definition) is 1. The molecule has 0 bridgehead atoms. The minimum absolute atomic E-state index is 0.00694. The van der Waals surface area contributed by atoms with Gasteiger partial charge in [-0.2, -0.15) is 0 Å². The van der Waals surface area contributed by atoms with Gasteiger partial charge in [0, 0.05) is 5.92 Å². The van der Waals surface area contributed by atoms with Crippen LogP contribution in [0, 0.1) is 0 Å². The monoisotopic (exact) mass is 291 g/mol. The van der Waals surface area contributed by atoms with Gasteiger partial charge in [0.25, 0.3) is 5.56 Å². The average Bonchev–Trinajstić information content (AvgIpc) is 2.88. The largest absolute Gasteiger partial charge is 0.419 e. The fourth-order valence-electron chi connectivity index (χ4n) is 2.18. The first-order valence-electron chi connectivity index (χ1n) is 7.20. The van der Waals surface area contributed by atoms with Crippen LogP contribution in [0.25, 0.3) is 0 Å². The van der Waals surface area contributed by atoms with Crippen LogP contribution in [0.15, 0.2) is 51.0 Å². The molecule has 0 saturated carbocycles. The van der Waals surface area contributed by atoms with E-state index < -0.39 is 5.76 Å². The smallest absolute Gasteiger partial charge is 0.413 e. The van der Waals surface area contributed by atoms with E-state index in [9.17, 15) is 9.59 Å². The number of aromatic amines is 1. The first-order chi connectivity index (χ1) is 10.1. The Kier molecular flexibility index (Phi) is 8.77. The Morgan fingerprint density at radius 1 is 1.29 bits per heavy atom. The molecule has 0 amide bonds. The first-order valence-corrected chi connectivity index (χ1v) is 7.20. The zero-order chi connectivity index (χ0) is 16.4. The maximum Gasteiger partial charge on any atom is 0.419 e. The number of nitrogens with one attached hydrogen (secondary N) is 1. The molecule has 1 aliphatic carbocycles. The molecule has 0 spiro atoms. The van der Waals surface area contributed by atoms with Crippen molar-refractivity contribution in [3.8, 4) is 0 Å². The van der Waals surface area contributed by atoms with Gasteiger partial charge >= 0.3 is 5.76 Å². The fourth-order valence-corrected chi connectivity index (χ4v) is 2.18. The van der Waals surface area contributed by atoms with Gasteiger partial charge in [-0.05, 0) is 32.3 Å². The minimum atomic E-state index is -0.685. The quantitative estimate of drug-likeness (QED) is 0.667. The first kappa shape index (κ1) is 18.9. The van der Waals surface area contributed by atoms with Crippen LogP contribution in [0.4, 0.5) is 0 Å². The molecule has 116 valence electrons. The van der Waals surface area contributed by atoms with E-state index in [1.54, 1.807) is 12.2 Å². The zero-order valence-corrected chi connectivity index (χ0v) is 13.4. The predicted octanol–water partition coefficient (Wildman–Crippen LogP) is 3.71. The van der Waals surface area contributed by atoms with E-state index in [0.717, 1.165) is 12.0 Å². The van der Waals surface area contributed by atoms with Gasteiger partial charge in [-0.15, -0.1) is 6.58 Å². The molecule has 0 radical (unpaired) electrons. The van der Waals surface area contributed by atoms with Gasteiger partial charge in [-0.25, -0.2) is 4.79 Å². The lowest BCUT2D eigenvalue weighted by Crippen LogP contribution is -2.22. The lowest BCUT2D eigenvalue weighted by atomic mass is 9.97. The molecule has 21 heavy (non-hydrogen) atoms. The summed E-state index contributed by atoms with van der Waals surface area (Å²) < 4.78 is 5.10. The summed E-state index contributed by atoms with van der Waals surface area (Å²) in [5, 5.41) is 0. The molecule has 1 unspecified atom stereocenters. The van der Waals surface area contributed by atoms with Gasteiger partial charge in [0.2, 0.25) is 0 Å². The highest BCUT2D eigenvalue weighted by Crippen LogP contribution is 2.36. The van der Waals surface area contributed by atoms with Crippen LogP contribution >= 0.6 is 0 Å². The SMILES string of the molecule is C=C/C(=C\C)C1CCc2c1oc(=O)[nH]c2=O.C=CC.CC. The van der Waals surface area contributed by atoms with Crippen molar-refractivity contribution < 1.29 is 4.42 Å². The van der Waals surface area contributed by atoms with E-state index in [1.165, 1.54) is 0 Å². The summed E-state index contributed by atoms with van der Waals surface area (Å²) in [5.74, 6) is -0.190. The van der Waals surface area contributed by atoms with Crippen LogP contribution in [-0.2, 0) is 6.42 Å². The average molecular weight is 291 g/mol. The predicted molar refractivity (Wildman–Crippen MR) is 87.8 cm³/mol. The Hall–Kier alpha value is -2.10. The second kappa shape index (κ2) is 9.75. The molecule has 1 aliphatic rings. The minimum Gasteiger partial charge on any atom is -0.413 e. The fraction of sp³-hybridized carbons (Fsp3) is 0.412. The molecule has 0 aromatic carbocycles. The van der Waals surface area contributed by atoms with Crippen molar-refractivity contribution in [1.29, 1.82) is 0 Å². The van der Waals surface area contributed by atoms with Crippen LogP contribution in [0.5, 0.6) is 0 Å². The maximum absolute atomic E-state index is 11.5. The molecular formula is C17H25NO3. The van der Waals surface area contributed by atoms with Gasteiger partial charge in [0.1, 0.15) is 5.76 Å². The van der Waals surface area contributed by atoms with Crippen molar-refractivity contribution in [2.24, 2.45) is 0 Å².